The first-order valence-electron chi connectivity index (χ1n) is 9.33. The van der Waals surface area contributed by atoms with Gasteiger partial charge in [0.15, 0.2) is 6.04 Å². The number of hydrogen-bond donors (Lipinski definition) is 1. The fourth-order valence-corrected chi connectivity index (χ4v) is 4.19. The Morgan fingerprint density at radius 1 is 1.36 bits per heavy atom. The molecule has 0 aliphatic carbocycles. The summed E-state index contributed by atoms with van der Waals surface area (Å²) in [6.45, 7) is 5.61. The highest BCUT2D eigenvalue weighted by Crippen LogP contribution is 2.41. The Hall–Kier alpha value is -2.52. The molecule has 0 unspecified atom stereocenters. The number of carbonyl (C=O) groups excluding carboxylic acids is 1. The third-order valence-electron chi connectivity index (χ3n) is 5.50. The number of nitrogens with one attached hydrogen (secondary N) is 1. The van der Waals surface area contributed by atoms with Gasteiger partial charge >= 0.3 is 6.18 Å². The molecule has 28 heavy (non-hydrogen) atoms. The topological polar surface area (TPSA) is 76.2 Å². The molecule has 10 heteroatoms. The molecule has 1 saturated heterocycles. The predicted octanol–water partition coefficient (Wildman–Crippen LogP) is 3.77. The Kier molecular flexibility index (Phi) is 4.39. The zero-order chi connectivity index (χ0) is 20.2. The van der Waals surface area contributed by atoms with Gasteiger partial charge in [0.2, 0.25) is 0 Å². The fourth-order valence-electron chi connectivity index (χ4n) is 4.19. The molecule has 3 atom stereocenters. The molecule has 0 bridgehead atoms. The van der Waals surface area contributed by atoms with E-state index in [1.165, 1.54) is 0 Å². The van der Waals surface area contributed by atoms with Gasteiger partial charge in [-0.3, -0.25) is 4.79 Å². The number of carbonyl (C=O) groups is 1. The monoisotopic (exact) mass is 397 g/mol. The second-order valence-electron chi connectivity index (χ2n) is 7.59. The van der Waals surface area contributed by atoms with Gasteiger partial charge in [-0.25, -0.2) is 4.68 Å². The van der Waals surface area contributed by atoms with Crippen LogP contribution in [-0.2, 0) is 0 Å². The molecule has 1 N–H and O–H groups in total. The summed E-state index contributed by atoms with van der Waals surface area (Å²) in [5.41, 5.74) is 1.39. The SMILES string of the molecule is Cc1noc(C)c1C(=O)N1CCC[C@@H]1c1cc2n(n1)[C@@H](C(F)(F)F)C[C@@H](C)N2. The highest BCUT2D eigenvalue weighted by molar-refractivity contribution is 5.96. The lowest BCUT2D eigenvalue weighted by Gasteiger charge is -2.31. The van der Waals surface area contributed by atoms with E-state index < -0.39 is 12.2 Å². The number of likely N-dealkylation sites (tertiary alicyclic amines) is 1. The van der Waals surface area contributed by atoms with Crippen molar-refractivity contribution in [2.24, 2.45) is 0 Å². The molecule has 2 aromatic heterocycles. The van der Waals surface area contributed by atoms with E-state index in [1.54, 1.807) is 31.7 Å². The minimum Gasteiger partial charge on any atom is -0.368 e. The molecule has 0 aromatic carbocycles. The van der Waals surface area contributed by atoms with Crippen LogP contribution in [0.25, 0.3) is 0 Å². The summed E-state index contributed by atoms with van der Waals surface area (Å²) < 4.78 is 46.6. The van der Waals surface area contributed by atoms with Crippen molar-refractivity contribution in [1.29, 1.82) is 0 Å². The first kappa shape index (κ1) is 18.8. The maximum absolute atomic E-state index is 13.5. The highest BCUT2D eigenvalue weighted by atomic mass is 19.4. The Morgan fingerprint density at radius 2 is 2.11 bits per heavy atom. The van der Waals surface area contributed by atoms with Crippen LogP contribution >= 0.6 is 0 Å². The lowest BCUT2D eigenvalue weighted by Crippen LogP contribution is -2.38. The van der Waals surface area contributed by atoms with E-state index in [4.69, 9.17) is 4.52 Å². The van der Waals surface area contributed by atoms with E-state index in [1.807, 2.05) is 0 Å². The Balaban J connectivity index is 1.67. The van der Waals surface area contributed by atoms with Gasteiger partial charge in [0.1, 0.15) is 17.1 Å². The Labute approximate surface area is 159 Å². The maximum Gasteiger partial charge on any atom is 0.410 e. The van der Waals surface area contributed by atoms with E-state index in [9.17, 15) is 18.0 Å². The predicted molar refractivity (Wildman–Crippen MR) is 94.0 cm³/mol. The molecule has 2 aliphatic rings. The average Bonchev–Trinajstić information content (AvgIpc) is 3.30. The van der Waals surface area contributed by atoms with Crippen LogP contribution in [0.2, 0.25) is 0 Å². The average molecular weight is 397 g/mol. The first-order valence-corrected chi connectivity index (χ1v) is 9.33. The normalized spacial score (nSPS) is 24.9. The second kappa shape index (κ2) is 6.52. The number of anilines is 1. The minimum absolute atomic E-state index is 0.0794. The van der Waals surface area contributed by atoms with Gasteiger partial charge in [-0.05, 0) is 40.0 Å². The number of amides is 1. The Morgan fingerprint density at radius 3 is 2.75 bits per heavy atom. The molecular weight excluding hydrogens is 375 g/mol. The molecule has 4 heterocycles. The number of aryl methyl sites for hydroxylation is 2. The van der Waals surface area contributed by atoms with Crippen molar-refractivity contribution in [2.45, 2.75) is 64.3 Å². The number of aromatic nitrogens is 3. The van der Waals surface area contributed by atoms with Crippen LogP contribution in [0.4, 0.5) is 19.0 Å². The first-order chi connectivity index (χ1) is 13.2. The summed E-state index contributed by atoms with van der Waals surface area (Å²) in [7, 11) is 0. The molecule has 1 amide bonds. The van der Waals surface area contributed by atoms with E-state index >= 15 is 0 Å². The zero-order valence-corrected chi connectivity index (χ0v) is 15.9. The lowest BCUT2D eigenvalue weighted by atomic mass is 10.1. The quantitative estimate of drug-likeness (QED) is 0.835. The van der Waals surface area contributed by atoms with Gasteiger partial charge in [0, 0.05) is 18.7 Å². The van der Waals surface area contributed by atoms with Crippen molar-refractivity contribution >= 4 is 11.7 Å². The third kappa shape index (κ3) is 3.04. The minimum atomic E-state index is -4.38. The van der Waals surface area contributed by atoms with Crippen LogP contribution in [0.15, 0.2) is 10.6 Å². The van der Waals surface area contributed by atoms with Crippen LogP contribution in [0, 0.1) is 13.8 Å². The van der Waals surface area contributed by atoms with Gasteiger partial charge in [0.05, 0.1) is 17.4 Å². The summed E-state index contributed by atoms with van der Waals surface area (Å²) in [5.74, 6) is 0.552. The lowest BCUT2D eigenvalue weighted by molar-refractivity contribution is -0.173. The van der Waals surface area contributed by atoms with Crippen LogP contribution in [-0.4, -0.2) is 44.5 Å². The van der Waals surface area contributed by atoms with Gasteiger partial charge < -0.3 is 14.7 Å². The molecule has 2 aromatic rings. The molecule has 0 saturated carbocycles. The summed E-state index contributed by atoms with van der Waals surface area (Å²) in [6, 6.07) is -0.712. The van der Waals surface area contributed by atoms with E-state index in [2.05, 4.69) is 15.6 Å². The summed E-state index contributed by atoms with van der Waals surface area (Å²) >= 11 is 0. The number of fused-ring (bicyclic) bond motifs is 1. The van der Waals surface area contributed by atoms with E-state index in [-0.39, 0.29) is 24.4 Å². The summed E-state index contributed by atoms with van der Waals surface area (Å²) in [4.78, 5) is 14.7. The molecule has 0 radical (unpaired) electrons. The van der Waals surface area contributed by atoms with Gasteiger partial charge in [-0.15, -0.1) is 0 Å². The number of rotatable bonds is 2. The molecule has 1 fully saturated rings. The summed E-state index contributed by atoms with van der Waals surface area (Å²) in [5, 5.41) is 11.2. The van der Waals surface area contributed by atoms with E-state index in [0.29, 0.717) is 41.5 Å². The number of nitrogens with zero attached hydrogens (tertiary/aromatic N) is 4. The Bertz CT molecular complexity index is 884. The maximum atomic E-state index is 13.5. The number of halogens is 3. The molecule has 2 aliphatic heterocycles. The molecule has 4 rings (SSSR count). The van der Waals surface area contributed by atoms with Crippen molar-refractivity contribution < 1.29 is 22.5 Å². The molecular formula is C18H22F3N5O2. The molecule has 0 spiro atoms. The molecule has 152 valence electrons. The second-order valence-corrected chi connectivity index (χ2v) is 7.59. The number of alkyl halides is 3. The van der Waals surface area contributed by atoms with Crippen LogP contribution < -0.4 is 5.32 Å². The standard InChI is InChI=1S/C18H22F3N5O2/c1-9-7-14(18(19,20)21)26-15(22-9)8-12(23-26)13-5-4-6-25(13)17(27)16-10(2)24-28-11(16)3/h8-9,13-14,22H,4-7H2,1-3H3/t9-,13-,14-/m1/s1. The number of hydrogen-bond acceptors (Lipinski definition) is 5. The van der Waals surface area contributed by atoms with Crippen LogP contribution in [0.5, 0.6) is 0 Å². The van der Waals surface area contributed by atoms with Crippen molar-refractivity contribution in [3.05, 3.63) is 28.8 Å². The zero-order valence-electron chi connectivity index (χ0n) is 15.9. The van der Waals surface area contributed by atoms with E-state index in [0.717, 1.165) is 11.1 Å². The van der Waals surface area contributed by atoms with Crippen molar-refractivity contribution in [3.63, 3.8) is 0 Å². The summed E-state index contributed by atoms with van der Waals surface area (Å²) in [6.07, 6.45) is -3.05. The third-order valence-corrected chi connectivity index (χ3v) is 5.50. The smallest absolute Gasteiger partial charge is 0.368 e. The molecule has 7 nitrogen and oxygen atoms in total. The van der Waals surface area contributed by atoms with Crippen molar-refractivity contribution in [1.82, 2.24) is 19.8 Å². The van der Waals surface area contributed by atoms with Crippen molar-refractivity contribution in [3.8, 4) is 0 Å². The van der Waals surface area contributed by atoms with Gasteiger partial charge in [-0.1, -0.05) is 5.16 Å². The fraction of sp³-hybridized carbons (Fsp3) is 0.611. The largest absolute Gasteiger partial charge is 0.410 e. The van der Waals surface area contributed by atoms with Crippen molar-refractivity contribution in [2.75, 3.05) is 11.9 Å². The van der Waals surface area contributed by atoms with Crippen LogP contribution in [0.1, 0.15) is 65.8 Å². The van der Waals surface area contributed by atoms with Crippen LogP contribution in [0.3, 0.4) is 0 Å². The van der Waals surface area contributed by atoms with Gasteiger partial charge in [0.25, 0.3) is 5.91 Å². The van der Waals surface area contributed by atoms with Gasteiger partial charge in [-0.2, -0.15) is 18.3 Å². The highest BCUT2D eigenvalue weighted by Gasteiger charge is 2.46.